The van der Waals surface area contributed by atoms with Crippen molar-refractivity contribution in [2.24, 2.45) is 17.6 Å². The van der Waals surface area contributed by atoms with Crippen molar-refractivity contribution in [2.75, 3.05) is 13.2 Å². The van der Waals surface area contributed by atoms with E-state index in [1.54, 1.807) is 0 Å². The lowest BCUT2D eigenvalue weighted by atomic mass is 9.78. The number of aliphatic hydroxyl groups excluding tert-OH is 1. The lowest BCUT2D eigenvalue weighted by Gasteiger charge is -2.41. The van der Waals surface area contributed by atoms with E-state index in [0.29, 0.717) is 18.5 Å². The molecule has 1 amide bonds. The van der Waals surface area contributed by atoms with E-state index in [-0.39, 0.29) is 24.5 Å². The van der Waals surface area contributed by atoms with Crippen molar-refractivity contribution < 1.29 is 9.90 Å². The Labute approximate surface area is 110 Å². The van der Waals surface area contributed by atoms with E-state index < -0.39 is 0 Å². The Hall–Kier alpha value is -0.610. The summed E-state index contributed by atoms with van der Waals surface area (Å²) < 4.78 is 0. The van der Waals surface area contributed by atoms with E-state index in [2.05, 4.69) is 6.92 Å². The minimum atomic E-state index is 0.0660. The first-order chi connectivity index (χ1) is 8.61. The molecule has 0 aromatic heterocycles. The van der Waals surface area contributed by atoms with Gasteiger partial charge in [-0.3, -0.25) is 4.79 Å². The van der Waals surface area contributed by atoms with E-state index in [1.165, 1.54) is 6.42 Å². The molecule has 2 saturated carbocycles. The molecule has 0 aromatic carbocycles. The largest absolute Gasteiger partial charge is 0.395 e. The minimum absolute atomic E-state index is 0.0660. The van der Waals surface area contributed by atoms with Gasteiger partial charge in [0.05, 0.1) is 6.61 Å². The molecule has 104 valence electrons. The number of hydrogen-bond acceptors (Lipinski definition) is 3. The molecule has 0 aromatic rings. The molecule has 0 saturated heterocycles. The van der Waals surface area contributed by atoms with E-state index in [1.807, 2.05) is 4.90 Å². The van der Waals surface area contributed by atoms with Crippen molar-refractivity contribution in [1.29, 1.82) is 0 Å². The molecule has 0 radical (unpaired) electrons. The van der Waals surface area contributed by atoms with E-state index >= 15 is 0 Å². The second kappa shape index (κ2) is 6.02. The van der Waals surface area contributed by atoms with Gasteiger partial charge in [0.15, 0.2) is 0 Å². The molecule has 0 spiro atoms. The van der Waals surface area contributed by atoms with Gasteiger partial charge in [0.2, 0.25) is 5.91 Å². The maximum Gasteiger partial charge on any atom is 0.226 e. The zero-order valence-electron chi connectivity index (χ0n) is 11.3. The van der Waals surface area contributed by atoms with Gasteiger partial charge in [-0.05, 0) is 44.4 Å². The van der Waals surface area contributed by atoms with Crippen LogP contribution in [0.3, 0.4) is 0 Å². The Morgan fingerprint density at radius 1 is 1.33 bits per heavy atom. The summed E-state index contributed by atoms with van der Waals surface area (Å²) in [5.74, 6) is 0.853. The van der Waals surface area contributed by atoms with Gasteiger partial charge in [-0.1, -0.05) is 6.92 Å². The predicted molar refractivity (Wildman–Crippen MR) is 70.9 cm³/mol. The van der Waals surface area contributed by atoms with E-state index in [9.17, 15) is 4.79 Å². The third-order valence-electron chi connectivity index (χ3n) is 4.47. The molecule has 0 heterocycles. The summed E-state index contributed by atoms with van der Waals surface area (Å²) >= 11 is 0. The van der Waals surface area contributed by atoms with Crippen molar-refractivity contribution in [2.45, 2.75) is 57.5 Å². The van der Waals surface area contributed by atoms with Crippen LogP contribution >= 0.6 is 0 Å². The van der Waals surface area contributed by atoms with Crippen LogP contribution in [0, 0.1) is 11.8 Å². The molecule has 4 nitrogen and oxygen atoms in total. The molecular formula is C14H26N2O2. The van der Waals surface area contributed by atoms with Crippen LogP contribution in [0.25, 0.3) is 0 Å². The Balaban J connectivity index is 1.98. The smallest absolute Gasteiger partial charge is 0.226 e. The SMILES string of the molecule is CC1CC(N)CC(C(=O)N(CCO)C2CCC2)C1. The highest BCUT2D eigenvalue weighted by Crippen LogP contribution is 2.32. The first-order valence-electron chi connectivity index (χ1n) is 7.28. The van der Waals surface area contributed by atoms with Gasteiger partial charge >= 0.3 is 0 Å². The van der Waals surface area contributed by atoms with Crippen LogP contribution in [0.5, 0.6) is 0 Å². The summed E-state index contributed by atoms with van der Waals surface area (Å²) in [6, 6.07) is 0.540. The fourth-order valence-electron chi connectivity index (χ4n) is 3.37. The van der Waals surface area contributed by atoms with Crippen LogP contribution in [0.1, 0.15) is 45.4 Å². The summed E-state index contributed by atoms with van der Waals surface area (Å²) in [7, 11) is 0. The molecule has 18 heavy (non-hydrogen) atoms. The number of amides is 1. The minimum Gasteiger partial charge on any atom is -0.395 e. The second-order valence-corrected chi connectivity index (χ2v) is 6.11. The van der Waals surface area contributed by atoms with Crippen molar-refractivity contribution in [3.05, 3.63) is 0 Å². The molecule has 0 aliphatic heterocycles. The average molecular weight is 254 g/mol. The molecule has 4 heteroatoms. The van der Waals surface area contributed by atoms with E-state index in [4.69, 9.17) is 10.8 Å². The number of nitrogens with zero attached hydrogens (tertiary/aromatic N) is 1. The van der Waals surface area contributed by atoms with Crippen LogP contribution in [0.15, 0.2) is 0 Å². The number of aliphatic hydroxyl groups is 1. The molecule has 3 atom stereocenters. The molecule has 2 rings (SSSR count). The lowest BCUT2D eigenvalue weighted by molar-refractivity contribution is -0.142. The zero-order valence-corrected chi connectivity index (χ0v) is 11.3. The first-order valence-corrected chi connectivity index (χ1v) is 7.28. The number of nitrogens with two attached hydrogens (primary N) is 1. The van der Waals surface area contributed by atoms with Crippen molar-refractivity contribution in [3.8, 4) is 0 Å². The fraction of sp³-hybridized carbons (Fsp3) is 0.929. The third-order valence-corrected chi connectivity index (χ3v) is 4.47. The van der Waals surface area contributed by atoms with Gasteiger partial charge < -0.3 is 15.7 Å². The predicted octanol–water partition coefficient (Wildman–Crippen LogP) is 1.12. The fourth-order valence-corrected chi connectivity index (χ4v) is 3.37. The van der Waals surface area contributed by atoms with Gasteiger partial charge in [0.1, 0.15) is 0 Å². The average Bonchev–Trinajstić information content (AvgIpc) is 2.23. The number of carbonyl (C=O) groups excluding carboxylic acids is 1. The van der Waals surface area contributed by atoms with Crippen molar-refractivity contribution in [1.82, 2.24) is 4.90 Å². The molecule has 2 aliphatic carbocycles. The topological polar surface area (TPSA) is 66.6 Å². The van der Waals surface area contributed by atoms with Gasteiger partial charge in [0, 0.05) is 24.5 Å². The standard InChI is InChI=1S/C14H26N2O2/c1-10-7-11(9-12(15)8-10)14(18)16(5-6-17)13-3-2-4-13/h10-13,17H,2-9,15H2,1H3. The summed E-state index contributed by atoms with van der Waals surface area (Å²) in [5.41, 5.74) is 6.03. The molecule has 0 bridgehead atoms. The number of rotatable bonds is 4. The number of hydrogen-bond donors (Lipinski definition) is 2. The lowest BCUT2D eigenvalue weighted by Crippen LogP contribution is -2.50. The van der Waals surface area contributed by atoms with Crippen LogP contribution < -0.4 is 5.73 Å². The van der Waals surface area contributed by atoms with E-state index in [0.717, 1.165) is 32.1 Å². The highest BCUT2D eigenvalue weighted by molar-refractivity contribution is 5.79. The maximum atomic E-state index is 12.6. The molecule has 3 N–H and O–H groups in total. The Kier molecular flexibility index (Phi) is 4.62. The third kappa shape index (κ3) is 3.04. The number of carbonyl (C=O) groups is 1. The normalized spacial score (nSPS) is 32.9. The van der Waals surface area contributed by atoms with Gasteiger partial charge in [-0.2, -0.15) is 0 Å². The molecule has 2 fully saturated rings. The summed E-state index contributed by atoms with van der Waals surface area (Å²) in [6.45, 7) is 2.74. The maximum absolute atomic E-state index is 12.6. The Bertz CT molecular complexity index is 282. The summed E-state index contributed by atoms with van der Waals surface area (Å²) in [4.78, 5) is 14.5. The van der Waals surface area contributed by atoms with Crippen molar-refractivity contribution in [3.63, 3.8) is 0 Å². The van der Waals surface area contributed by atoms with Gasteiger partial charge in [0.25, 0.3) is 0 Å². The van der Waals surface area contributed by atoms with Crippen LogP contribution in [0.2, 0.25) is 0 Å². The van der Waals surface area contributed by atoms with Crippen LogP contribution in [0.4, 0.5) is 0 Å². The monoisotopic (exact) mass is 254 g/mol. The van der Waals surface area contributed by atoms with Gasteiger partial charge in [-0.15, -0.1) is 0 Å². The highest BCUT2D eigenvalue weighted by Gasteiger charge is 2.35. The molecular weight excluding hydrogens is 228 g/mol. The zero-order chi connectivity index (χ0) is 13.1. The molecule has 3 unspecified atom stereocenters. The summed E-state index contributed by atoms with van der Waals surface area (Å²) in [6.07, 6.45) is 6.22. The van der Waals surface area contributed by atoms with Crippen LogP contribution in [-0.2, 0) is 4.79 Å². The first kappa shape index (κ1) is 13.8. The van der Waals surface area contributed by atoms with Gasteiger partial charge in [-0.25, -0.2) is 0 Å². The molecule has 2 aliphatic rings. The Morgan fingerprint density at radius 3 is 2.56 bits per heavy atom. The van der Waals surface area contributed by atoms with Crippen LogP contribution in [-0.4, -0.2) is 41.1 Å². The summed E-state index contributed by atoms with van der Waals surface area (Å²) in [5, 5.41) is 9.14. The quantitative estimate of drug-likeness (QED) is 0.790. The highest BCUT2D eigenvalue weighted by atomic mass is 16.3. The van der Waals surface area contributed by atoms with Crippen molar-refractivity contribution >= 4 is 5.91 Å². The Morgan fingerprint density at radius 2 is 2.06 bits per heavy atom. The second-order valence-electron chi connectivity index (χ2n) is 6.11.